The van der Waals surface area contributed by atoms with Crippen LogP contribution in [0.4, 0.5) is 11.4 Å². The van der Waals surface area contributed by atoms with Crippen molar-refractivity contribution in [2.24, 2.45) is 5.10 Å². The summed E-state index contributed by atoms with van der Waals surface area (Å²) in [6, 6.07) is 16.2. The molecule has 0 radical (unpaired) electrons. The maximum atomic E-state index is 12.6. The van der Waals surface area contributed by atoms with E-state index < -0.39 is 23.6 Å². The van der Waals surface area contributed by atoms with Crippen molar-refractivity contribution < 1.29 is 28.3 Å². The van der Waals surface area contributed by atoms with Crippen LogP contribution in [0.25, 0.3) is 0 Å². The minimum absolute atomic E-state index is 0.0291. The van der Waals surface area contributed by atoms with Crippen molar-refractivity contribution in [3.63, 3.8) is 0 Å². The molecule has 3 N–H and O–H groups in total. The Bertz CT molecular complexity index is 1460. The molecule has 12 heteroatoms. The van der Waals surface area contributed by atoms with Gasteiger partial charge in [0.15, 0.2) is 0 Å². The fourth-order valence-corrected chi connectivity index (χ4v) is 4.20. The number of hydrogen-bond acceptors (Lipinski definition) is 8. The third-order valence-corrected chi connectivity index (χ3v) is 6.62. The Morgan fingerprint density at radius 1 is 0.927 bits per heavy atom. The minimum atomic E-state index is -0.860. The number of carbonyl (C=O) groups excluding carboxylic acids is 4. The van der Waals surface area contributed by atoms with Gasteiger partial charge in [0.05, 0.1) is 25.6 Å². The van der Waals surface area contributed by atoms with E-state index in [-0.39, 0.29) is 12.3 Å². The zero-order valence-corrected chi connectivity index (χ0v) is 23.1. The van der Waals surface area contributed by atoms with E-state index in [2.05, 4.69) is 26.1 Å². The number of aryl methyl sites for hydroxylation is 2. The van der Waals surface area contributed by atoms with E-state index in [9.17, 15) is 19.2 Å². The third kappa shape index (κ3) is 7.50. The molecule has 2 heterocycles. The molecule has 1 saturated heterocycles. The highest BCUT2D eigenvalue weighted by molar-refractivity contribution is 6.39. The molecule has 0 unspecified atom stereocenters. The van der Waals surface area contributed by atoms with Crippen LogP contribution >= 0.6 is 0 Å². The number of nitrogens with zero attached hydrogens (tertiary/aromatic N) is 3. The topological polar surface area (TPSA) is 146 Å². The van der Waals surface area contributed by atoms with Gasteiger partial charge in [0.1, 0.15) is 17.3 Å². The van der Waals surface area contributed by atoms with Gasteiger partial charge in [-0.3, -0.25) is 19.2 Å². The first-order chi connectivity index (χ1) is 19.7. The average Bonchev–Trinajstić information content (AvgIpc) is 3.45. The minimum Gasteiger partial charge on any atom is -0.495 e. The lowest BCUT2D eigenvalue weighted by Crippen LogP contribution is -2.52. The number of hydrazone groups is 1. The predicted molar refractivity (Wildman–Crippen MR) is 153 cm³/mol. The van der Waals surface area contributed by atoms with Crippen LogP contribution in [0.2, 0.25) is 0 Å². The van der Waals surface area contributed by atoms with E-state index >= 15 is 0 Å². The first-order valence-electron chi connectivity index (χ1n) is 13.0. The number of carbonyl (C=O) groups is 4. The van der Waals surface area contributed by atoms with Crippen molar-refractivity contribution >= 4 is 41.2 Å². The number of para-hydroxylation sites is 2. The highest BCUT2D eigenvalue weighted by Crippen LogP contribution is 2.28. The van der Waals surface area contributed by atoms with Crippen LogP contribution in [0.15, 0.2) is 64.1 Å². The van der Waals surface area contributed by atoms with Crippen LogP contribution in [0, 0.1) is 13.8 Å². The summed E-state index contributed by atoms with van der Waals surface area (Å²) in [5.74, 6) is -1.74. The van der Waals surface area contributed by atoms with E-state index in [0.29, 0.717) is 37.6 Å². The quantitative estimate of drug-likeness (QED) is 0.228. The van der Waals surface area contributed by atoms with Crippen molar-refractivity contribution in [3.05, 3.63) is 77.2 Å². The number of amides is 4. The molecule has 0 spiro atoms. The highest BCUT2D eigenvalue weighted by Gasteiger charge is 2.27. The molecule has 4 rings (SSSR count). The van der Waals surface area contributed by atoms with Crippen molar-refractivity contribution in [1.82, 2.24) is 15.6 Å². The Balaban J connectivity index is 1.19. The van der Waals surface area contributed by atoms with Gasteiger partial charge in [-0.15, -0.1) is 0 Å². The number of anilines is 2. The van der Waals surface area contributed by atoms with Gasteiger partial charge in [-0.1, -0.05) is 18.2 Å². The fraction of sp³-hybridized carbons (Fsp3) is 0.276. The summed E-state index contributed by atoms with van der Waals surface area (Å²) in [4.78, 5) is 52.8. The van der Waals surface area contributed by atoms with Gasteiger partial charge in [-0.25, -0.2) is 5.43 Å². The van der Waals surface area contributed by atoms with Gasteiger partial charge >= 0.3 is 23.6 Å². The second kappa shape index (κ2) is 13.3. The molecule has 4 amide bonds. The maximum Gasteiger partial charge on any atom is 0.329 e. The number of methoxy groups -OCH3 is 1. The molecule has 1 aromatic heterocycles. The van der Waals surface area contributed by atoms with Gasteiger partial charge in [0.25, 0.3) is 0 Å². The van der Waals surface area contributed by atoms with E-state index in [0.717, 1.165) is 22.6 Å². The summed E-state index contributed by atoms with van der Waals surface area (Å²) >= 11 is 0. The van der Waals surface area contributed by atoms with E-state index in [1.54, 1.807) is 31.4 Å². The molecule has 0 saturated carbocycles. The van der Waals surface area contributed by atoms with Gasteiger partial charge in [0, 0.05) is 31.9 Å². The molecule has 0 aliphatic carbocycles. The second-order valence-electron chi connectivity index (χ2n) is 9.39. The van der Waals surface area contributed by atoms with Crippen molar-refractivity contribution in [2.45, 2.75) is 20.4 Å². The Morgan fingerprint density at radius 2 is 1.68 bits per heavy atom. The smallest absolute Gasteiger partial charge is 0.329 e. The number of piperazine rings is 1. The monoisotopic (exact) mass is 560 g/mol. The first-order valence-corrected chi connectivity index (χ1v) is 13.0. The largest absolute Gasteiger partial charge is 0.495 e. The summed E-state index contributed by atoms with van der Waals surface area (Å²) in [5, 5.41) is 8.83. The van der Waals surface area contributed by atoms with Gasteiger partial charge < -0.3 is 29.6 Å². The van der Waals surface area contributed by atoms with Crippen LogP contribution in [-0.2, 0) is 25.7 Å². The lowest BCUT2D eigenvalue weighted by molar-refractivity contribution is -0.146. The standard InChI is InChI=1S/C29H32N6O6/c1-19-8-9-21(16-20(19)2)32-27(37)26(36)30-17-22-10-11-23(41-22)18-31-33-28(38)29(39)35-14-12-34(13-15-35)24-6-4-5-7-25(24)40-3/h4-11,16,18H,12-15,17H2,1-3H3,(H,30,36)(H,32,37)(H,33,38)/b31-18+. The normalized spacial score (nSPS) is 13.1. The fourth-order valence-electron chi connectivity index (χ4n) is 4.20. The van der Waals surface area contributed by atoms with Gasteiger partial charge in [0.2, 0.25) is 0 Å². The molecular formula is C29H32N6O6. The SMILES string of the molecule is COc1ccccc1N1CCN(C(=O)C(=O)N/N=C/c2ccc(CNC(=O)C(=O)Nc3ccc(C)c(C)c3)o2)CC1. The lowest BCUT2D eigenvalue weighted by atomic mass is 10.1. The Labute approximate surface area is 237 Å². The number of benzene rings is 2. The van der Waals surface area contributed by atoms with Crippen LogP contribution < -0.4 is 25.7 Å². The van der Waals surface area contributed by atoms with E-state index in [1.165, 1.54) is 11.1 Å². The molecule has 0 atom stereocenters. The molecule has 1 aliphatic heterocycles. The maximum absolute atomic E-state index is 12.6. The van der Waals surface area contributed by atoms with E-state index in [1.807, 2.05) is 44.2 Å². The number of hydrogen-bond donors (Lipinski definition) is 3. The number of nitrogens with one attached hydrogen (secondary N) is 3. The molecule has 1 aliphatic rings. The third-order valence-electron chi connectivity index (χ3n) is 6.62. The number of ether oxygens (including phenoxy) is 1. The first kappa shape index (κ1) is 28.9. The number of furan rings is 1. The Morgan fingerprint density at radius 3 is 2.41 bits per heavy atom. The molecular weight excluding hydrogens is 528 g/mol. The van der Waals surface area contributed by atoms with Crippen molar-refractivity contribution in [2.75, 3.05) is 43.5 Å². The lowest BCUT2D eigenvalue weighted by Gasteiger charge is -2.36. The molecule has 0 bridgehead atoms. The molecule has 41 heavy (non-hydrogen) atoms. The summed E-state index contributed by atoms with van der Waals surface area (Å²) in [6.45, 7) is 5.71. The summed E-state index contributed by atoms with van der Waals surface area (Å²) in [7, 11) is 1.61. The zero-order valence-electron chi connectivity index (χ0n) is 23.1. The van der Waals surface area contributed by atoms with Crippen LogP contribution in [0.1, 0.15) is 22.6 Å². The second-order valence-corrected chi connectivity index (χ2v) is 9.39. The average molecular weight is 561 g/mol. The summed E-state index contributed by atoms with van der Waals surface area (Å²) in [6.07, 6.45) is 1.24. The predicted octanol–water partition coefficient (Wildman–Crippen LogP) is 1.96. The van der Waals surface area contributed by atoms with Crippen LogP contribution in [0.5, 0.6) is 5.75 Å². The molecule has 214 valence electrons. The van der Waals surface area contributed by atoms with Crippen molar-refractivity contribution in [3.8, 4) is 5.75 Å². The molecule has 2 aromatic carbocycles. The molecule has 12 nitrogen and oxygen atoms in total. The van der Waals surface area contributed by atoms with Crippen LogP contribution in [0.3, 0.4) is 0 Å². The van der Waals surface area contributed by atoms with Crippen molar-refractivity contribution in [1.29, 1.82) is 0 Å². The summed E-state index contributed by atoms with van der Waals surface area (Å²) in [5.41, 5.74) is 5.76. The highest BCUT2D eigenvalue weighted by atomic mass is 16.5. The zero-order chi connectivity index (χ0) is 29.4. The number of rotatable bonds is 7. The van der Waals surface area contributed by atoms with Gasteiger partial charge in [-0.2, -0.15) is 5.10 Å². The summed E-state index contributed by atoms with van der Waals surface area (Å²) < 4.78 is 10.9. The molecule has 3 aromatic rings. The Kier molecular flexibility index (Phi) is 9.35. The Hall–Kier alpha value is -5.13. The van der Waals surface area contributed by atoms with Gasteiger partial charge in [-0.05, 0) is 61.4 Å². The van der Waals surface area contributed by atoms with Crippen LogP contribution in [-0.4, -0.2) is 68.0 Å². The molecule has 1 fully saturated rings. The van der Waals surface area contributed by atoms with E-state index in [4.69, 9.17) is 9.15 Å².